The van der Waals surface area contributed by atoms with E-state index in [9.17, 15) is 13.2 Å². The van der Waals surface area contributed by atoms with Crippen molar-refractivity contribution in [1.29, 1.82) is 0 Å². The summed E-state index contributed by atoms with van der Waals surface area (Å²) in [5.74, 6) is -0.0877. The quantitative estimate of drug-likeness (QED) is 0.853. The summed E-state index contributed by atoms with van der Waals surface area (Å²) >= 11 is 0. The van der Waals surface area contributed by atoms with Gasteiger partial charge in [0, 0.05) is 6.42 Å². The molecule has 0 aromatic heterocycles. The van der Waals surface area contributed by atoms with Gasteiger partial charge in [0.2, 0.25) is 15.9 Å². The molecule has 0 unspecified atom stereocenters. The summed E-state index contributed by atoms with van der Waals surface area (Å²) in [5, 5.41) is 2.77. The van der Waals surface area contributed by atoms with Crippen molar-refractivity contribution >= 4 is 27.3 Å². The number of carbonyl (C=O) groups is 1. The topological polar surface area (TPSA) is 75.3 Å². The zero-order valence-electron chi connectivity index (χ0n) is 13.1. The Balaban J connectivity index is 2.06. The van der Waals surface area contributed by atoms with Crippen molar-refractivity contribution in [3.8, 4) is 0 Å². The first-order valence-electron chi connectivity index (χ1n) is 7.27. The third kappa shape index (κ3) is 5.41. The number of carbonyl (C=O) groups excluding carboxylic acids is 1. The normalized spacial score (nSPS) is 12.4. The molecule has 6 heteroatoms. The lowest BCUT2D eigenvalue weighted by Gasteiger charge is -2.14. The Labute approximate surface area is 136 Å². The summed E-state index contributed by atoms with van der Waals surface area (Å²) < 4.78 is 25.2. The molecule has 0 saturated carbocycles. The van der Waals surface area contributed by atoms with Crippen LogP contribution in [0.5, 0.6) is 0 Å². The third-order valence-corrected chi connectivity index (χ3v) is 3.95. The minimum absolute atomic E-state index is 0.0752. The summed E-state index contributed by atoms with van der Waals surface area (Å²) in [7, 11) is -3.40. The van der Waals surface area contributed by atoms with Gasteiger partial charge < -0.3 is 5.32 Å². The van der Waals surface area contributed by atoms with Gasteiger partial charge in [-0.05, 0) is 23.6 Å². The number of anilines is 2. The number of para-hydroxylation sites is 2. The second kappa shape index (κ2) is 7.28. The minimum atomic E-state index is -3.40. The number of sulfonamides is 1. The molecule has 0 bridgehead atoms. The predicted molar refractivity (Wildman–Crippen MR) is 93.0 cm³/mol. The smallest absolute Gasteiger partial charge is 0.229 e. The Bertz CT molecular complexity index is 773. The van der Waals surface area contributed by atoms with E-state index < -0.39 is 10.0 Å². The summed E-state index contributed by atoms with van der Waals surface area (Å²) in [5.41, 5.74) is 1.89. The average molecular weight is 332 g/mol. The van der Waals surface area contributed by atoms with E-state index in [0.717, 1.165) is 11.8 Å². The largest absolute Gasteiger partial charge is 0.324 e. The first-order valence-corrected chi connectivity index (χ1v) is 9.16. The Kier molecular flexibility index (Phi) is 5.39. The van der Waals surface area contributed by atoms with Crippen LogP contribution in [0.25, 0.3) is 0 Å². The van der Waals surface area contributed by atoms with Crippen LogP contribution >= 0.6 is 0 Å². The number of hydrogen-bond donors (Lipinski definition) is 2. The zero-order valence-corrected chi connectivity index (χ0v) is 13.9. The van der Waals surface area contributed by atoms with Gasteiger partial charge in [-0.15, -0.1) is 0 Å². The highest BCUT2D eigenvalue weighted by Gasteiger charge is 2.13. The lowest BCUT2D eigenvalue weighted by Crippen LogP contribution is -2.17. The van der Waals surface area contributed by atoms with Crippen LogP contribution in [0.1, 0.15) is 24.8 Å². The lowest BCUT2D eigenvalue weighted by molar-refractivity contribution is -0.116. The number of nitrogens with one attached hydrogen (secondary N) is 2. The standard InChI is InChI=1S/C17H20N2O3S/c1-13(14-8-4-3-5-9-14)12-17(20)18-15-10-6-7-11-16(15)19-23(2,21)22/h3-11,13,19H,12H2,1-2H3,(H,18,20)/t13-/m0/s1. The molecule has 2 rings (SSSR count). The molecule has 1 amide bonds. The van der Waals surface area contributed by atoms with Gasteiger partial charge in [-0.1, -0.05) is 49.4 Å². The van der Waals surface area contributed by atoms with Crippen LogP contribution in [0.15, 0.2) is 54.6 Å². The highest BCUT2D eigenvalue weighted by Crippen LogP contribution is 2.24. The molecule has 2 N–H and O–H groups in total. The van der Waals surface area contributed by atoms with E-state index in [-0.39, 0.29) is 11.8 Å². The Morgan fingerprint density at radius 1 is 1.00 bits per heavy atom. The minimum Gasteiger partial charge on any atom is -0.324 e. The number of rotatable bonds is 6. The van der Waals surface area contributed by atoms with Crippen molar-refractivity contribution in [2.24, 2.45) is 0 Å². The van der Waals surface area contributed by atoms with Crippen LogP contribution in [-0.2, 0) is 14.8 Å². The molecule has 0 aliphatic carbocycles. The van der Waals surface area contributed by atoms with Crippen LogP contribution in [0.3, 0.4) is 0 Å². The first kappa shape index (κ1) is 17.0. The van der Waals surface area contributed by atoms with E-state index in [1.165, 1.54) is 0 Å². The van der Waals surface area contributed by atoms with E-state index in [1.54, 1.807) is 24.3 Å². The molecule has 23 heavy (non-hydrogen) atoms. The van der Waals surface area contributed by atoms with Crippen molar-refractivity contribution in [2.45, 2.75) is 19.3 Å². The summed E-state index contributed by atoms with van der Waals surface area (Å²) in [6, 6.07) is 16.5. The third-order valence-electron chi connectivity index (χ3n) is 3.36. The van der Waals surface area contributed by atoms with Crippen LogP contribution < -0.4 is 10.0 Å². The van der Waals surface area contributed by atoms with Crippen LogP contribution in [0.2, 0.25) is 0 Å². The molecular weight excluding hydrogens is 312 g/mol. The van der Waals surface area contributed by atoms with Crippen LogP contribution in [-0.4, -0.2) is 20.6 Å². The van der Waals surface area contributed by atoms with Gasteiger partial charge in [0.05, 0.1) is 17.6 Å². The predicted octanol–water partition coefficient (Wildman–Crippen LogP) is 3.19. The van der Waals surface area contributed by atoms with Crippen molar-refractivity contribution in [3.63, 3.8) is 0 Å². The second-order valence-corrected chi connectivity index (χ2v) is 7.23. The van der Waals surface area contributed by atoms with Crippen molar-refractivity contribution in [2.75, 3.05) is 16.3 Å². The van der Waals surface area contributed by atoms with Gasteiger partial charge in [0.15, 0.2) is 0 Å². The van der Waals surface area contributed by atoms with Crippen molar-refractivity contribution < 1.29 is 13.2 Å². The maximum Gasteiger partial charge on any atom is 0.229 e. The van der Waals surface area contributed by atoms with E-state index >= 15 is 0 Å². The molecule has 122 valence electrons. The molecule has 1 atom stereocenters. The molecular formula is C17H20N2O3S. The number of benzene rings is 2. The molecule has 0 radical (unpaired) electrons. The van der Waals surface area contributed by atoms with Gasteiger partial charge >= 0.3 is 0 Å². The highest BCUT2D eigenvalue weighted by molar-refractivity contribution is 7.92. The molecule has 2 aromatic carbocycles. The fraction of sp³-hybridized carbons (Fsp3) is 0.235. The van der Waals surface area contributed by atoms with E-state index in [0.29, 0.717) is 17.8 Å². The Morgan fingerprint density at radius 2 is 1.57 bits per heavy atom. The molecule has 2 aromatic rings. The van der Waals surface area contributed by atoms with Gasteiger partial charge in [-0.2, -0.15) is 0 Å². The van der Waals surface area contributed by atoms with Gasteiger partial charge in [-0.3, -0.25) is 9.52 Å². The maximum absolute atomic E-state index is 12.2. The molecule has 0 spiro atoms. The SMILES string of the molecule is C[C@@H](CC(=O)Nc1ccccc1NS(C)(=O)=O)c1ccccc1. The lowest BCUT2D eigenvalue weighted by atomic mass is 9.97. The second-order valence-electron chi connectivity index (χ2n) is 5.48. The molecule has 0 heterocycles. The Hall–Kier alpha value is -2.34. The molecule has 5 nitrogen and oxygen atoms in total. The number of hydrogen-bond acceptors (Lipinski definition) is 3. The fourth-order valence-corrected chi connectivity index (χ4v) is 2.84. The summed E-state index contributed by atoms with van der Waals surface area (Å²) in [6.07, 6.45) is 1.39. The number of amides is 1. The first-order chi connectivity index (χ1) is 10.8. The van der Waals surface area contributed by atoms with Crippen molar-refractivity contribution in [1.82, 2.24) is 0 Å². The fourth-order valence-electron chi connectivity index (χ4n) is 2.26. The van der Waals surface area contributed by atoms with Gasteiger partial charge in [0.25, 0.3) is 0 Å². The maximum atomic E-state index is 12.2. The van der Waals surface area contributed by atoms with E-state index in [2.05, 4.69) is 10.0 Å². The van der Waals surface area contributed by atoms with Crippen molar-refractivity contribution in [3.05, 3.63) is 60.2 Å². The van der Waals surface area contributed by atoms with Crippen LogP contribution in [0.4, 0.5) is 11.4 Å². The summed E-state index contributed by atoms with van der Waals surface area (Å²) in [6.45, 7) is 1.98. The monoisotopic (exact) mass is 332 g/mol. The molecule has 0 aliphatic rings. The average Bonchev–Trinajstić information content (AvgIpc) is 2.48. The van der Waals surface area contributed by atoms with Gasteiger partial charge in [-0.25, -0.2) is 8.42 Å². The van der Waals surface area contributed by atoms with Crippen LogP contribution in [0, 0.1) is 0 Å². The Morgan fingerprint density at radius 3 is 2.17 bits per heavy atom. The van der Waals surface area contributed by atoms with Gasteiger partial charge in [0.1, 0.15) is 0 Å². The molecule has 0 fully saturated rings. The zero-order chi connectivity index (χ0) is 16.9. The van der Waals surface area contributed by atoms with E-state index in [4.69, 9.17) is 0 Å². The highest BCUT2D eigenvalue weighted by atomic mass is 32.2. The summed E-state index contributed by atoms with van der Waals surface area (Å²) in [4.78, 5) is 12.2. The molecule has 0 saturated heterocycles. The van der Waals surface area contributed by atoms with E-state index in [1.807, 2.05) is 37.3 Å². The molecule has 0 aliphatic heterocycles.